The van der Waals surface area contributed by atoms with E-state index in [1.54, 1.807) is 0 Å². The molecule has 90 valence electrons. The molecule has 0 heterocycles. The molecule has 0 aromatic heterocycles. The third-order valence-electron chi connectivity index (χ3n) is 2.26. The lowest BCUT2D eigenvalue weighted by Gasteiger charge is -2.30. The third-order valence-corrected chi connectivity index (χ3v) is 2.26. The monoisotopic (exact) mass is 216 g/mol. The molecule has 4 nitrogen and oxygen atoms in total. The van der Waals surface area contributed by atoms with Crippen molar-refractivity contribution in [2.24, 2.45) is 11.5 Å². The van der Waals surface area contributed by atoms with Gasteiger partial charge in [-0.05, 0) is 46.6 Å². The highest BCUT2D eigenvalue weighted by atomic mass is 16.6. The quantitative estimate of drug-likeness (QED) is 0.676. The molecule has 0 saturated carbocycles. The van der Waals surface area contributed by atoms with Crippen LogP contribution in [0.2, 0.25) is 0 Å². The number of rotatable bonds is 5. The van der Waals surface area contributed by atoms with Gasteiger partial charge < -0.3 is 16.2 Å². The maximum absolute atomic E-state index is 11.8. The van der Waals surface area contributed by atoms with Gasteiger partial charge >= 0.3 is 5.97 Å². The minimum Gasteiger partial charge on any atom is -0.459 e. The number of nitrogens with two attached hydrogens (primary N) is 2. The Hall–Kier alpha value is -0.610. The Morgan fingerprint density at radius 1 is 1.33 bits per heavy atom. The standard InChI is InChI=1S/C11H24N2O2/c1-5-11(13,7-6-8-12)9(14)15-10(2,3)4/h5-8,12-13H2,1-4H3. The van der Waals surface area contributed by atoms with Crippen molar-refractivity contribution >= 4 is 5.97 Å². The summed E-state index contributed by atoms with van der Waals surface area (Å²) in [6, 6.07) is 0. The summed E-state index contributed by atoms with van der Waals surface area (Å²) in [7, 11) is 0. The lowest BCUT2D eigenvalue weighted by atomic mass is 9.91. The summed E-state index contributed by atoms with van der Waals surface area (Å²) in [6.45, 7) is 7.94. The minimum atomic E-state index is -0.882. The zero-order chi connectivity index (χ0) is 12.1. The summed E-state index contributed by atoms with van der Waals surface area (Å²) in [4.78, 5) is 11.8. The number of hydrogen-bond acceptors (Lipinski definition) is 4. The summed E-state index contributed by atoms with van der Waals surface area (Å²) < 4.78 is 5.29. The first-order chi connectivity index (χ1) is 6.75. The molecule has 0 aromatic rings. The Morgan fingerprint density at radius 3 is 2.20 bits per heavy atom. The number of hydrogen-bond donors (Lipinski definition) is 2. The molecule has 0 aliphatic rings. The van der Waals surface area contributed by atoms with Crippen LogP contribution in [0.5, 0.6) is 0 Å². The van der Waals surface area contributed by atoms with Gasteiger partial charge in [0.1, 0.15) is 11.1 Å². The van der Waals surface area contributed by atoms with Crippen LogP contribution in [0.1, 0.15) is 47.0 Å². The van der Waals surface area contributed by atoms with E-state index in [-0.39, 0.29) is 5.97 Å². The van der Waals surface area contributed by atoms with Crippen LogP contribution in [-0.4, -0.2) is 23.7 Å². The summed E-state index contributed by atoms with van der Waals surface area (Å²) >= 11 is 0. The van der Waals surface area contributed by atoms with E-state index < -0.39 is 11.1 Å². The van der Waals surface area contributed by atoms with Gasteiger partial charge in [-0.1, -0.05) is 6.92 Å². The molecule has 0 aliphatic heterocycles. The van der Waals surface area contributed by atoms with E-state index in [1.165, 1.54) is 0 Å². The van der Waals surface area contributed by atoms with Crippen LogP contribution in [0.4, 0.5) is 0 Å². The molecule has 0 spiro atoms. The van der Waals surface area contributed by atoms with Gasteiger partial charge in [-0.15, -0.1) is 0 Å². The zero-order valence-electron chi connectivity index (χ0n) is 10.3. The highest BCUT2D eigenvalue weighted by molar-refractivity contribution is 5.80. The first-order valence-electron chi connectivity index (χ1n) is 5.47. The normalized spacial score (nSPS) is 15.9. The fourth-order valence-corrected chi connectivity index (χ4v) is 1.22. The van der Waals surface area contributed by atoms with Crippen LogP contribution in [0.25, 0.3) is 0 Å². The molecule has 0 amide bonds. The molecule has 0 aromatic carbocycles. The van der Waals surface area contributed by atoms with Crippen LogP contribution >= 0.6 is 0 Å². The average Bonchev–Trinajstić information content (AvgIpc) is 2.11. The van der Waals surface area contributed by atoms with E-state index >= 15 is 0 Å². The molecule has 0 fully saturated rings. The third kappa shape index (κ3) is 5.14. The van der Waals surface area contributed by atoms with Gasteiger partial charge in [-0.2, -0.15) is 0 Å². The van der Waals surface area contributed by atoms with Gasteiger partial charge in [0.25, 0.3) is 0 Å². The average molecular weight is 216 g/mol. The Balaban J connectivity index is 4.44. The van der Waals surface area contributed by atoms with Crippen LogP contribution in [0.15, 0.2) is 0 Å². The number of ether oxygens (including phenoxy) is 1. The molecule has 0 aliphatic carbocycles. The Labute approximate surface area is 92.3 Å². The lowest BCUT2D eigenvalue weighted by molar-refractivity contribution is -0.162. The van der Waals surface area contributed by atoms with E-state index in [0.29, 0.717) is 19.4 Å². The highest BCUT2D eigenvalue weighted by Crippen LogP contribution is 2.19. The Bertz CT molecular complexity index is 211. The molecule has 0 saturated heterocycles. The van der Waals surface area contributed by atoms with Crippen molar-refractivity contribution in [3.8, 4) is 0 Å². The van der Waals surface area contributed by atoms with Gasteiger partial charge in [-0.3, -0.25) is 4.79 Å². The van der Waals surface area contributed by atoms with Crippen molar-refractivity contribution in [2.45, 2.75) is 58.1 Å². The first kappa shape index (κ1) is 14.4. The maximum Gasteiger partial charge on any atom is 0.326 e. The topological polar surface area (TPSA) is 78.3 Å². The summed E-state index contributed by atoms with van der Waals surface area (Å²) in [6.07, 6.45) is 1.89. The van der Waals surface area contributed by atoms with Gasteiger partial charge in [-0.25, -0.2) is 0 Å². The minimum absolute atomic E-state index is 0.328. The number of carbonyl (C=O) groups excluding carboxylic acids is 1. The fraction of sp³-hybridized carbons (Fsp3) is 0.909. The van der Waals surface area contributed by atoms with Crippen LogP contribution in [-0.2, 0) is 9.53 Å². The zero-order valence-corrected chi connectivity index (χ0v) is 10.3. The van der Waals surface area contributed by atoms with E-state index in [2.05, 4.69) is 0 Å². The van der Waals surface area contributed by atoms with Crippen molar-refractivity contribution in [3.05, 3.63) is 0 Å². The summed E-state index contributed by atoms with van der Waals surface area (Å²) in [5.74, 6) is -0.328. The molecule has 0 bridgehead atoms. The van der Waals surface area contributed by atoms with Crippen LogP contribution < -0.4 is 11.5 Å². The number of carbonyl (C=O) groups is 1. The summed E-state index contributed by atoms with van der Waals surface area (Å²) in [5, 5.41) is 0. The van der Waals surface area contributed by atoms with Crippen LogP contribution in [0, 0.1) is 0 Å². The van der Waals surface area contributed by atoms with E-state index in [9.17, 15) is 4.79 Å². The molecular formula is C11H24N2O2. The van der Waals surface area contributed by atoms with Gasteiger partial charge in [0, 0.05) is 0 Å². The van der Waals surface area contributed by atoms with Crippen LogP contribution in [0.3, 0.4) is 0 Å². The van der Waals surface area contributed by atoms with Gasteiger partial charge in [0.2, 0.25) is 0 Å². The molecule has 15 heavy (non-hydrogen) atoms. The largest absolute Gasteiger partial charge is 0.459 e. The van der Waals surface area contributed by atoms with Crippen molar-refractivity contribution in [1.82, 2.24) is 0 Å². The Kier molecular flexibility index (Phi) is 5.24. The maximum atomic E-state index is 11.8. The molecule has 4 N–H and O–H groups in total. The SMILES string of the molecule is CCC(N)(CCCN)C(=O)OC(C)(C)C. The fourth-order valence-electron chi connectivity index (χ4n) is 1.22. The predicted octanol–water partition coefficient (Wildman–Crippen LogP) is 1.17. The van der Waals surface area contributed by atoms with E-state index in [1.807, 2.05) is 27.7 Å². The van der Waals surface area contributed by atoms with Gasteiger partial charge in [0.05, 0.1) is 0 Å². The first-order valence-corrected chi connectivity index (χ1v) is 5.47. The predicted molar refractivity (Wildman–Crippen MR) is 61.3 cm³/mol. The van der Waals surface area contributed by atoms with Crippen molar-refractivity contribution < 1.29 is 9.53 Å². The highest BCUT2D eigenvalue weighted by Gasteiger charge is 2.35. The second kappa shape index (κ2) is 5.47. The second-order valence-corrected chi connectivity index (χ2v) is 4.90. The number of esters is 1. The second-order valence-electron chi connectivity index (χ2n) is 4.90. The molecular weight excluding hydrogens is 192 g/mol. The van der Waals surface area contributed by atoms with Crippen molar-refractivity contribution in [2.75, 3.05) is 6.54 Å². The van der Waals surface area contributed by atoms with E-state index in [4.69, 9.17) is 16.2 Å². The Morgan fingerprint density at radius 2 is 1.87 bits per heavy atom. The smallest absolute Gasteiger partial charge is 0.326 e. The van der Waals surface area contributed by atoms with E-state index in [0.717, 1.165) is 6.42 Å². The molecule has 4 heteroatoms. The van der Waals surface area contributed by atoms with Crippen molar-refractivity contribution in [1.29, 1.82) is 0 Å². The molecule has 1 atom stereocenters. The lowest BCUT2D eigenvalue weighted by Crippen LogP contribution is -2.50. The summed E-state index contributed by atoms with van der Waals surface area (Å²) in [5.41, 5.74) is 10.0. The molecule has 0 rings (SSSR count). The molecule has 0 radical (unpaired) electrons. The molecule has 1 unspecified atom stereocenters. The van der Waals surface area contributed by atoms with Gasteiger partial charge in [0.15, 0.2) is 0 Å². The van der Waals surface area contributed by atoms with Crippen molar-refractivity contribution in [3.63, 3.8) is 0 Å².